The molecule has 0 saturated carbocycles. The summed E-state index contributed by atoms with van der Waals surface area (Å²) in [5.41, 5.74) is 7.20. The summed E-state index contributed by atoms with van der Waals surface area (Å²) in [6, 6.07) is 30.8. The number of aromatic nitrogens is 2. The number of anilines is 1. The second-order valence-electron chi connectivity index (χ2n) is 8.26. The van der Waals surface area contributed by atoms with Gasteiger partial charge in [-0.25, -0.2) is 10.1 Å². The van der Waals surface area contributed by atoms with E-state index < -0.39 is 11.8 Å². The Morgan fingerprint density at radius 3 is 2.44 bits per heavy atom. The lowest BCUT2D eigenvalue weighted by molar-refractivity contribution is -0.136. The van der Waals surface area contributed by atoms with Crippen molar-refractivity contribution in [2.75, 3.05) is 5.32 Å². The number of hydrogen-bond donors (Lipinski definition) is 2. The van der Waals surface area contributed by atoms with E-state index in [2.05, 4.69) is 15.8 Å². The Morgan fingerprint density at radius 1 is 0.861 bits per heavy atom. The zero-order valence-corrected chi connectivity index (χ0v) is 19.6. The zero-order valence-electron chi connectivity index (χ0n) is 19.6. The van der Waals surface area contributed by atoms with E-state index in [1.54, 1.807) is 10.7 Å². The van der Waals surface area contributed by atoms with Crippen molar-refractivity contribution in [1.82, 2.24) is 15.2 Å². The molecule has 5 aromatic rings. The minimum Gasteiger partial charge on any atom is -0.317 e. The van der Waals surface area contributed by atoms with Gasteiger partial charge >= 0.3 is 11.8 Å². The molecule has 7 heteroatoms. The van der Waals surface area contributed by atoms with Gasteiger partial charge in [-0.15, -0.1) is 0 Å². The molecule has 5 rings (SSSR count). The first-order valence-electron chi connectivity index (χ1n) is 11.4. The number of rotatable bonds is 5. The number of aryl methyl sites for hydroxylation is 1. The third-order valence-corrected chi connectivity index (χ3v) is 5.67. The van der Waals surface area contributed by atoms with Crippen LogP contribution >= 0.6 is 0 Å². The summed E-state index contributed by atoms with van der Waals surface area (Å²) >= 11 is 0. The molecule has 36 heavy (non-hydrogen) atoms. The number of amides is 2. The molecule has 0 unspecified atom stereocenters. The van der Waals surface area contributed by atoms with Crippen molar-refractivity contribution in [3.8, 4) is 16.9 Å². The van der Waals surface area contributed by atoms with Crippen LogP contribution in [0.15, 0.2) is 108 Å². The number of carbonyl (C=O) groups is 2. The lowest BCUT2D eigenvalue weighted by Gasteiger charge is -2.07. The van der Waals surface area contributed by atoms with E-state index >= 15 is 0 Å². The number of carbonyl (C=O) groups excluding carboxylic acids is 2. The maximum absolute atomic E-state index is 12.5. The summed E-state index contributed by atoms with van der Waals surface area (Å²) in [5, 5.41) is 13.3. The van der Waals surface area contributed by atoms with Crippen LogP contribution in [0, 0.1) is 6.92 Å². The molecule has 7 nitrogen and oxygen atoms in total. The Bertz CT molecular complexity index is 1580. The molecule has 0 radical (unpaired) electrons. The zero-order chi connectivity index (χ0) is 24.9. The Hall–Kier alpha value is -5.04. The van der Waals surface area contributed by atoms with Crippen LogP contribution in [0.3, 0.4) is 0 Å². The number of hydrogen-bond acceptors (Lipinski definition) is 4. The molecule has 1 aromatic heterocycles. The fraction of sp³-hybridized carbons (Fsp3) is 0.0345. The molecule has 1 heterocycles. The van der Waals surface area contributed by atoms with Crippen LogP contribution in [0.5, 0.6) is 0 Å². The third kappa shape index (κ3) is 4.90. The van der Waals surface area contributed by atoms with Crippen LogP contribution in [0.25, 0.3) is 27.7 Å². The smallest absolute Gasteiger partial charge is 0.317 e. The third-order valence-electron chi connectivity index (χ3n) is 5.67. The van der Waals surface area contributed by atoms with Crippen molar-refractivity contribution in [1.29, 1.82) is 0 Å². The Balaban J connectivity index is 1.36. The normalized spacial score (nSPS) is 11.0. The monoisotopic (exact) mass is 473 g/mol. The van der Waals surface area contributed by atoms with Crippen LogP contribution in [-0.2, 0) is 9.59 Å². The predicted octanol–water partition coefficient (Wildman–Crippen LogP) is 5.09. The number of hydrazone groups is 1. The Kier molecular flexibility index (Phi) is 6.36. The van der Waals surface area contributed by atoms with Crippen LogP contribution in [0.1, 0.15) is 11.1 Å². The van der Waals surface area contributed by atoms with Gasteiger partial charge in [0.15, 0.2) is 0 Å². The molecule has 0 spiro atoms. The van der Waals surface area contributed by atoms with E-state index in [1.807, 2.05) is 104 Å². The molecule has 0 atom stereocenters. The Labute approximate surface area is 208 Å². The van der Waals surface area contributed by atoms with Gasteiger partial charge in [-0.3, -0.25) is 9.59 Å². The molecule has 2 amide bonds. The number of para-hydroxylation sites is 1. The molecule has 0 saturated heterocycles. The summed E-state index contributed by atoms with van der Waals surface area (Å²) in [7, 11) is 0. The predicted molar refractivity (Wildman–Crippen MR) is 142 cm³/mol. The maximum atomic E-state index is 12.5. The minimum absolute atomic E-state index is 0.558. The second-order valence-corrected chi connectivity index (χ2v) is 8.26. The van der Waals surface area contributed by atoms with Crippen LogP contribution in [-0.4, -0.2) is 27.8 Å². The average molecular weight is 474 g/mol. The molecule has 0 aliphatic carbocycles. The standard InChI is InChI=1S/C29H23N5O2/c1-20-9-7-12-22(17-20)27-23(19-34(33-27)24-13-3-2-4-14-24)18-30-32-29(36)28(35)31-26-16-8-11-21-10-5-6-15-25(21)26/h2-19H,1H3,(H,31,35)(H,32,36)/b30-18-. The molecular weight excluding hydrogens is 450 g/mol. The van der Waals surface area contributed by atoms with Crippen LogP contribution < -0.4 is 10.7 Å². The van der Waals surface area contributed by atoms with Gasteiger partial charge < -0.3 is 5.32 Å². The summed E-state index contributed by atoms with van der Waals surface area (Å²) in [5.74, 6) is -1.67. The van der Waals surface area contributed by atoms with E-state index in [0.29, 0.717) is 16.9 Å². The highest BCUT2D eigenvalue weighted by molar-refractivity contribution is 6.40. The van der Waals surface area contributed by atoms with E-state index in [0.717, 1.165) is 27.6 Å². The largest absolute Gasteiger partial charge is 0.329 e. The number of nitrogens with zero attached hydrogens (tertiary/aromatic N) is 3. The molecule has 4 aromatic carbocycles. The molecule has 176 valence electrons. The van der Waals surface area contributed by atoms with Gasteiger partial charge in [0, 0.05) is 28.4 Å². The summed E-state index contributed by atoms with van der Waals surface area (Å²) in [4.78, 5) is 24.9. The van der Waals surface area contributed by atoms with Gasteiger partial charge in [-0.2, -0.15) is 10.2 Å². The van der Waals surface area contributed by atoms with Crippen molar-refractivity contribution in [3.63, 3.8) is 0 Å². The first-order valence-corrected chi connectivity index (χ1v) is 11.4. The SMILES string of the molecule is Cc1cccc(-c2nn(-c3ccccc3)cc2/C=N\NC(=O)C(=O)Nc2cccc3ccccc23)c1. The van der Waals surface area contributed by atoms with Gasteiger partial charge in [0.1, 0.15) is 5.69 Å². The maximum Gasteiger partial charge on any atom is 0.329 e. The van der Waals surface area contributed by atoms with Gasteiger partial charge in [-0.1, -0.05) is 78.4 Å². The lowest BCUT2D eigenvalue weighted by Crippen LogP contribution is -2.32. The van der Waals surface area contributed by atoms with Crippen LogP contribution in [0.2, 0.25) is 0 Å². The van der Waals surface area contributed by atoms with Crippen LogP contribution in [0.4, 0.5) is 5.69 Å². The highest BCUT2D eigenvalue weighted by Gasteiger charge is 2.15. The first-order chi connectivity index (χ1) is 17.6. The second kappa shape index (κ2) is 10.1. The average Bonchev–Trinajstić information content (AvgIpc) is 3.33. The fourth-order valence-corrected chi connectivity index (χ4v) is 3.94. The molecule has 0 aliphatic rings. The van der Waals surface area contributed by atoms with Crippen molar-refractivity contribution in [2.45, 2.75) is 6.92 Å². The summed E-state index contributed by atoms with van der Waals surface area (Å²) < 4.78 is 1.76. The van der Waals surface area contributed by atoms with Crippen molar-refractivity contribution >= 4 is 34.5 Å². The summed E-state index contributed by atoms with van der Waals surface area (Å²) in [6.07, 6.45) is 3.33. The van der Waals surface area contributed by atoms with E-state index in [9.17, 15) is 9.59 Å². The number of fused-ring (bicyclic) bond motifs is 1. The number of benzene rings is 4. The van der Waals surface area contributed by atoms with Gasteiger partial charge in [0.05, 0.1) is 11.9 Å². The van der Waals surface area contributed by atoms with E-state index in [4.69, 9.17) is 5.10 Å². The summed E-state index contributed by atoms with van der Waals surface area (Å²) in [6.45, 7) is 2.01. The molecule has 0 bridgehead atoms. The minimum atomic E-state index is -0.869. The highest BCUT2D eigenvalue weighted by atomic mass is 16.2. The topological polar surface area (TPSA) is 88.4 Å². The highest BCUT2D eigenvalue weighted by Crippen LogP contribution is 2.24. The van der Waals surface area contributed by atoms with E-state index in [1.165, 1.54) is 6.21 Å². The Morgan fingerprint density at radius 2 is 1.61 bits per heavy atom. The quantitative estimate of drug-likeness (QED) is 0.212. The molecule has 0 aliphatic heterocycles. The van der Waals surface area contributed by atoms with E-state index in [-0.39, 0.29) is 0 Å². The van der Waals surface area contributed by atoms with Gasteiger partial charge in [-0.05, 0) is 36.6 Å². The molecular formula is C29H23N5O2. The number of nitrogens with one attached hydrogen (secondary N) is 2. The lowest BCUT2D eigenvalue weighted by atomic mass is 10.1. The molecule has 0 fully saturated rings. The van der Waals surface area contributed by atoms with Gasteiger partial charge in [0.2, 0.25) is 0 Å². The van der Waals surface area contributed by atoms with Crippen molar-refractivity contribution in [2.24, 2.45) is 5.10 Å². The van der Waals surface area contributed by atoms with Crippen molar-refractivity contribution in [3.05, 3.63) is 114 Å². The van der Waals surface area contributed by atoms with Crippen molar-refractivity contribution < 1.29 is 9.59 Å². The first kappa shape index (κ1) is 22.7. The van der Waals surface area contributed by atoms with Gasteiger partial charge in [0.25, 0.3) is 0 Å². The fourth-order valence-electron chi connectivity index (χ4n) is 3.94. The molecule has 2 N–H and O–H groups in total.